The smallest absolute Gasteiger partial charge is 0.254 e. The van der Waals surface area contributed by atoms with E-state index in [9.17, 15) is 4.79 Å². The Balaban J connectivity index is 2.11. The number of nitrogens with zero attached hydrogens (tertiary/aromatic N) is 2. The molecule has 2 rings (SSSR count). The van der Waals surface area contributed by atoms with Crippen molar-refractivity contribution in [1.29, 1.82) is 0 Å². The summed E-state index contributed by atoms with van der Waals surface area (Å²) in [6.07, 6.45) is 0. The van der Waals surface area contributed by atoms with Gasteiger partial charge in [0.25, 0.3) is 5.91 Å². The number of benzene rings is 1. The first-order chi connectivity index (χ1) is 10.7. The monoisotopic (exact) mass is 306 g/mol. The molecule has 1 aromatic carbocycles. The SMILES string of the molecule is CCOc1ccc(C(=O)N2CCN(CC)CC2)cc1OCC. The Labute approximate surface area is 132 Å². The number of amides is 1. The lowest BCUT2D eigenvalue weighted by atomic mass is 10.1. The molecule has 0 spiro atoms. The van der Waals surface area contributed by atoms with Crippen molar-refractivity contribution >= 4 is 5.91 Å². The van der Waals surface area contributed by atoms with Gasteiger partial charge in [-0.2, -0.15) is 0 Å². The van der Waals surface area contributed by atoms with E-state index in [0.29, 0.717) is 30.3 Å². The standard InChI is InChI=1S/C17H26N2O3/c1-4-18-9-11-19(12-10-18)17(20)14-7-8-15(21-5-2)16(13-14)22-6-3/h7-8,13H,4-6,9-12H2,1-3H3. The second-order valence-electron chi connectivity index (χ2n) is 5.25. The normalized spacial score (nSPS) is 15.7. The van der Waals surface area contributed by atoms with Crippen molar-refractivity contribution < 1.29 is 14.3 Å². The van der Waals surface area contributed by atoms with Crippen LogP contribution in [0.15, 0.2) is 18.2 Å². The van der Waals surface area contributed by atoms with Gasteiger partial charge in [0.1, 0.15) is 0 Å². The molecule has 0 aromatic heterocycles. The summed E-state index contributed by atoms with van der Waals surface area (Å²) >= 11 is 0. The molecule has 5 heteroatoms. The van der Waals surface area contributed by atoms with E-state index in [0.717, 1.165) is 32.7 Å². The highest BCUT2D eigenvalue weighted by atomic mass is 16.5. The fourth-order valence-corrected chi connectivity index (χ4v) is 2.63. The quantitative estimate of drug-likeness (QED) is 0.808. The van der Waals surface area contributed by atoms with Crippen molar-refractivity contribution in [2.75, 3.05) is 45.9 Å². The lowest BCUT2D eigenvalue weighted by Gasteiger charge is -2.34. The zero-order valence-electron chi connectivity index (χ0n) is 13.8. The molecule has 1 aromatic rings. The Morgan fingerprint density at radius 1 is 1.00 bits per heavy atom. The van der Waals surface area contributed by atoms with Gasteiger partial charge in [-0.25, -0.2) is 0 Å². The summed E-state index contributed by atoms with van der Waals surface area (Å²) in [5.41, 5.74) is 0.664. The first kappa shape index (κ1) is 16.6. The Hall–Kier alpha value is -1.75. The minimum Gasteiger partial charge on any atom is -0.490 e. The third kappa shape index (κ3) is 3.91. The number of carbonyl (C=O) groups is 1. The van der Waals surface area contributed by atoms with E-state index in [1.54, 1.807) is 6.07 Å². The topological polar surface area (TPSA) is 42.0 Å². The number of carbonyl (C=O) groups excluding carboxylic acids is 1. The Kier molecular flexibility index (Phi) is 6.07. The first-order valence-electron chi connectivity index (χ1n) is 8.10. The van der Waals surface area contributed by atoms with Crippen LogP contribution >= 0.6 is 0 Å². The van der Waals surface area contributed by atoms with E-state index in [4.69, 9.17) is 9.47 Å². The van der Waals surface area contributed by atoms with Crippen LogP contribution in [0.25, 0.3) is 0 Å². The molecule has 1 heterocycles. The summed E-state index contributed by atoms with van der Waals surface area (Å²) in [6, 6.07) is 5.44. The van der Waals surface area contributed by atoms with Crippen molar-refractivity contribution in [3.8, 4) is 11.5 Å². The number of hydrogen-bond donors (Lipinski definition) is 0. The van der Waals surface area contributed by atoms with Gasteiger partial charge in [-0.05, 0) is 38.6 Å². The van der Waals surface area contributed by atoms with Crippen molar-refractivity contribution in [1.82, 2.24) is 9.80 Å². The lowest BCUT2D eigenvalue weighted by molar-refractivity contribution is 0.0643. The molecule has 0 radical (unpaired) electrons. The zero-order chi connectivity index (χ0) is 15.9. The second-order valence-corrected chi connectivity index (χ2v) is 5.25. The molecule has 0 unspecified atom stereocenters. The largest absolute Gasteiger partial charge is 0.490 e. The van der Waals surface area contributed by atoms with Gasteiger partial charge in [0, 0.05) is 31.7 Å². The van der Waals surface area contributed by atoms with Gasteiger partial charge in [-0.3, -0.25) is 4.79 Å². The van der Waals surface area contributed by atoms with E-state index in [2.05, 4.69) is 11.8 Å². The molecule has 1 amide bonds. The van der Waals surface area contributed by atoms with Gasteiger partial charge >= 0.3 is 0 Å². The molecule has 22 heavy (non-hydrogen) atoms. The summed E-state index contributed by atoms with van der Waals surface area (Å²) in [5, 5.41) is 0. The molecule has 122 valence electrons. The number of ether oxygens (including phenoxy) is 2. The highest BCUT2D eigenvalue weighted by molar-refractivity contribution is 5.95. The first-order valence-corrected chi connectivity index (χ1v) is 8.10. The lowest BCUT2D eigenvalue weighted by Crippen LogP contribution is -2.48. The number of piperazine rings is 1. The van der Waals surface area contributed by atoms with E-state index in [1.165, 1.54) is 0 Å². The highest BCUT2D eigenvalue weighted by Crippen LogP contribution is 2.29. The molecule has 0 aliphatic carbocycles. The molecule has 1 fully saturated rings. The van der Waals surface area contributed by atoms with Gasteiger partial charge in [0.05, 0.1) is 13.2 Å². The van der Waals surface area contributed by atoms with Crippen LogP contribution in [0, 0.1) is 0 Å². The second kappa shape index (κ2) is 8.03. The minimum absolute atomic E-state index is 0.0692. The van der Waals surface area contributed by atoms with Gasteiger partial charge in [-0.15, -0.1) is 0 Å². The van der Waals surface area contributed by atoms with Crippen molar-refractivity contribution in [2.45, 2.75) is 20.8 Å². The van der Waals surface area contributed by atoms with Gasteiger partial charge in [0.2, 0.25) is 0 Å². The molecule has 1 aliphatic heterocycles. The van der Waals surface area contributed by atoms with Crippen molar-refractivity contribution in [2.24, 2.45) is 0 Å². The zero-order valence-corrected chi connectivity index (χ0v) is 13.8. The summed E-state index contributed by atoms with van der Waals surface area (Å²) in [4.78, 5) is 16.9. The summed E-state index contributed by atoms with van der Waals surface area (Å²) in [5.74, 6) is 1.40. The van der Waals surface area contributed by atoms with E-state index < -0.39 is 0 Å². The van der Waals surface area contributed by atoms with E-state index in [-0.39, 0.29) is 5.91 Å². The molecule has 5 nitrogen and oxygen atoms in total. The van der Waals surface area contributed by atoms with Crippen LogP contribution in [-0.4, -0.2) is 61.6 Å². The van der Waals surface area contributed by atoms with E-state index in [1.807, 2.05) is 30.9 Å². The Morgan fingerprint density at radius 2 is 1.64 bits per heavy atom. The molecule has 0 bridgehead atoms. The van der Waals surface area contributed by atoms with Crippen LogP contribution in [0.2, 0.25) is 0 Å². The summed E-state index contributed by atoms with van der Waals surface area (Å²) in [6.45, 7) is 11.6. The molecule has 1 saturated heterocycles. The molecule has 0 saturated carbocycles. The predicted octanol–water partition coefficient (Wildman–Crippen LogP) is 2.26. The summed E-state index contributed by atoms with van der Waals surface area (Å²) in [7, 11) is 0. The highest BCUT2D eigenvalue weighted by Gasteiger charge is 2.22. The van der Waals surface area contributed by atoms with Gasteiger partial charge in [0.15, 0.2) is 11.5 Å². The molecule has 0 atom stereocenters. The maximum atomic E-state index is 12.6. The molecular weight excluding hydrogens is 280 g/mol. The van der Waals surface area contributed by atoms with Crippen LogP contribution in [0.1, 0.15) is 31.1 Å². The number of likely N-dealkylation sites (N-methyl/N-ethyl adjacent to an activating group) is 1. The van der Waals surface area contributed by atoms with Crippen LogP contribution in [0.4, 0.5) is 0 Å². The predicted molar refractivity (Wildman–Crippen MR) is 86.8 cm³/mol. The minimum atomic E-state index is 0.0692. The van der Waals surface area contributed by atoms with E-state index >= 15 is 0 Å². The fraction of sp³-hybridized carbons (Fsp3) is 0.588. The van der Waals surface area contributed by atoms with Crippen molar-refractivity contribution in [3.05, 3.63) is 23.8 Å². The van der Waals surface area contributed by atoms with Gasteiger partial charge < -0.3 is 19.3 Å². The number of hydrogen-bond acceptors (Lipinski definition) is 4. The van der Waals surface area contributed by atoms with Crippen LogP contribution in [-0.2, 0) is 0 Å². The average molecular weight is 306 g/mol. The number of rotatable bonds is 6. The molecule has 1 aliphatic rings. The summed E-state index contributed by atoms with van der Waals surface area (Å²) < 4.78 is 11.1. The fourth-order valence-electron chi connectivity index (χ4n) is 2.63. The maximum absolute atomic E-state index is 12.6. The van der Waals surface area contributed by atoms with Gasteiger partial charge in [-0.1, -0.05) is 6.92 Å². The Morgan fingerprint density at radius 3 is 2.23 bits per heavy atom. The maximum Gasteiger partial charge on any atom is 0.254 e. The Bertz CT molecular complexity index is 497. The van der Waals surface area contributed by atoms with Crippen LogP contribution in [0.5, 0.6) is 11.5 Å². The third-order valence-electron chi connectivity index (χ3n) is 3.90. The van der Waals surface area contributed by atoms with Crippen molar-refractivity contribution in [3.63, 3.8) is 0 Å². The average Bonchev–Trinajstić information content (AvgIpc) is 2.56. The molecular formula is C17H26N2O3. The van der Waals surface area contributed by atoms with Crippen LogP contribution < -0.4 is 9.47 Å². The van der Waals surface area contributed by atoms with Crippen LogP contribution in [0.3, 0.4) is 0 Å². The molecule has 0 N–H and O–H groups in total. The third-order valence-corrected chi connectivity index (χ3v) is 3.90.